The second kappa shape index (κ2) is 30.4. The van der Waals surface area contributed by atoms with Crippen LogP contribution >= 0.6 is 21.6 Å². The molecule has 0 aliphatic heterocycles. The zero-order chi connectivity index (χ0) is 30.2. The normalized spacial score (nSPS) is 11.1. The van der Waals surface area contributed by atoms with E-state index in [9.17, 15) is 9.59 Å². The SMILES string of the molecule is O=C(O)CCOC=COCCOCCOCCOCCOCCOCCOCCNC(=O)CCSSc1ccccn1. The number of hydrogen-bond donors (Lipinski definition) is 2. The summed E-state index contributed by atoms with van der Waals surface area (Å²) in [6, 6.07) is 5.76. The standard InChI is InChI=1S/C27H44N2O11S2/c30-25(5-24-41-42-26-3-1-2-6-29-26)28-7-9-34-11-13-36-15-17-38-19-21-40-23-22-39-20-18-37-16-14-35-12-10-33-8-4-27(31)32/h1-3,6,10,12H,4-5,7-9,11,13-24H2,(H,28,30)(H,31,32). The second-order valence-electron chi connectivity index (χ2n) is 8.00. The molecule has 0 aliphatic rings. The lowest BCUT2D eigenvalue weighted by molar-refractivity contribution is -0.137. The van der Waals surface area contributed by atoms with Crippen molar-refractivity contribution in [2.45, 2.75) is 17.9 Å². The number of carboxylic acid groups (broad SMARTS) is 1. The maximum absolute atomic E-state index is 11.8. The van der Waals surface area contributed by atoms with Gasteiger partial charge in [-0.3, -0.25) is 9.59 Å². The van der Waals surface area contributed by atoms with Gasteiger partial charge in [-0.15, -0.1) is 0 Å². The molecular weight excluding hydrogens is 592 g/mol. The highest BCUT2D eigenvalue weighted by Gasteiger charge is 2.02. The highest BCUT2D eigenvalue weighted by atomic mass is 33.1. The van der Waals surface area contributed by atoms with Crippen molar-refractivity contribution in [3.8, 4) is 0 Å². The minimum Gasteiger partial charge on any atom is -0.497 e. The Hall–Kier alpha value is -2.11. The first-order valence-electron chi connectivity index (χ1n) is 13.7. The molecule has 0 atom stereocenters. The number of nitrogens with zero attached hydrogens (tertiary/aromatic N) is 1. The number of amides is 1. The third-order valence-corrected chi connectivity index (χ3v) is 6.92. The first-order valence-corrected chi connectivity index (χ1v) is 16.0. The molecule has 1 amide bonds. The third kappa shape index (κ3) is 28.0. The molecule has 0 spiro atoms. The number of carboxylic acids is 1. The Morgan fingerprint density at radius 1 is 0.714 bits per heavy atom. The van der Waals surface area contributed by atoms with Crippen LogP contribution in [-0.2, 0) is 47.5 Å². The van der Waals surface area contributed by atoms with Gasteiger partial charge in [0.1, 0.15) is 24.2 Å². The lowest BCUT2D eigenvalue weighted by Crippen LogP contribution is -2.27. The number of hydrogen-bond acceptors (Lipinski definition) is 13. The van der Waals surface area contributed by atoms with Crippen LogP contribution in [0.25, 0.3) is 0 Å². The molecule has 0 saturated carbocycles. The summed E-state index contributed by atoms with van der Waals surface area (Å²) in [5.41, 5.74) is 0. The van der Waals surface area contributed by atoms with Gasteiger partial charge in [0.2, 0.25) is 5.91 Å². The highest BCUT2D eigenvalue weighted by molar-refractivity contribution is 8.76. The van der Waals surface area contributed by atoms with Crippen LogP contribution in [0.1, 0.15) is 12.8 Å². The highest BCUT2D eigenvalue weighted by Crippen LogP contribution is 2.29. The van der Waals surface area contributed by atoms with E-state index in [-0.39, 0.29) is 18.9 Å². The first kappa shape index (κ1) is 37.9. The number of nitrogens with one attached hydrogen (secondary N) is 1. The van der Waals surface area contributed by atoms with Gasteiger partial charge in [0, 0.05) is 24.9 Å². The van der Waals surface area contributed by atoms with Crippen molar-refractivity contribution in [3.05, 3.63) is 36.9 Å². The summed E-state index contributed by atoms with van der Waals surface area (Å²) in [6.07, 6.45) is 4.82. The molecule has 240 valence electrons. The van der Waals surface area contributed by atoms with E-state index in [1.807, 2.05) is 18.2 Å². The van der Waals surface area contributed by atoms with Crippen molar-refractivity contribution in [2.75, 3.05) is 105 Å². The fourth-order valence-electron chi connectivity index (χ4n) is 2.65. The second-order valence-corrected chi connectivity index (χ2v) is 10.4. The molecule has 0 saturated heterocycles. The third-order valence-electron chi connectivity index (χ3n) is 4.65. The zero-order valence-electron chi connectivity index (χ0n) is 24.0. The molecule has 0 aliphatic carbocycles. The summed E-state index contributed by atoms with van der Waals surface area (Å²) in [5, 5.41) is 12.2. The van der Waals surface area contributed by atoms with Crippen LogP contribution in [-0.4, -0.2) is 127 Å². The molecule has 1 rings (SSSR count). The van der Waals surface area contributed by atoms with Crippen LogP contribution in [0.15, 0.2) is 41.9 Å². The number of aliphatic carboxylic acids is 1. The van der Waals surface area contributed by atoms with Gasteiger partial charge in [-0.05, 0) is 22.9 Å². The van der Waals surface area contributed by atoms with Crippen molar-refractivity contribution < 1.29 is 52.6 Å². The molecule has 15 heteroatoms. The number of carbonyl (C=O) groups is 2. The molecule has 13 nitrogen and oxygen atoms in total. The number of rotatable bonds is 31. The van der Waals surface area contributed by atoms with Gasteiger partial charge in [0.05, 0.1) is 92.3 Å². The minimum atomic E-state index is -0.910. The number of aromatic nitrogens is 1. The Balaban J connectivity index is 1.68. The molecule has 0 unspecified atom stereocenters. The quantitative estimate of drug-likeness (QED) is 0.0697. The Morgan fingerprint density at radius 3 is 1.76 bits per heavy atom. The van der Waals surface area contributed by atoms with Crippen LogP contribution in [0.4, 0.5) is 0 Å². The predicted octanol–water partition coefficient (Wildman–Crippen LogP) is 2.41. The van der Waals surface area contributed by atoms with Gasteiger partial charge >= 0.3 is 5.97 Å². The van der Waals surface area contributed by atoms with E-state index in [0.717, 1.165) is 10.8 Å². The van der Waals surface area contributed by atoms with Gasteiger partial charge in [-0.1, -0.05) is 16.9 Å². The van der Waals surface area contributed by atoms with E-state index in [2.05, 4.69) is 10.3 Å². The van der Waals surface area contributed by atoms with Crippen molar-refractivity contribution in [1.29, 1.82) is 0 Å². The molecule has 42 heavy (non-hydrogen) atoms. The van der Waals surface area contributed by atoms with Gasteiger partial charge in [-0.25, -0.2) is 4.98 Å². The molecule has 2 N–H and O–H groups in total. The minimum absolute atomic E-state index is 0.0105. The van der Waals surface area contributed by atoms with Crippen molar-refractivity contribution in [1.82, 2.24) is 10.3 Å². The fraction of sp³-hybridized carbons (Fsp3) is 0.667. The van der Waals surface area contributed by atoms with Crippen LogP contribution in [0.2, 0.25) is 0 Å². The summed E-state index contributed by atoms with van der Waals surface area (Å²) in [5.74, 6) is -0.180. The summed E-state index contributed by atoms with van der Waals surface area (Å²) >= 11 is 0. The molecule has 1 aromatic heterocycles. The van der Waals surface area contributed by atoms with Crippen molar-refractivity contribution in [2.24, 2.45) is 0 Å². The van der Waals surface area contributed by atoms with Crippen LogP contribution in [0.5, 0.6) is 0 Å². The number of carbonyl (C=O) groups excluding carboxylic acids is 1. The predicted molar refractivity (Wildman–Crippen MR) is 158 cm³/mol. The first-order chi connectivity index (χ1) is 20.7. The Bertz CT molecular complexity index is 795. The van der Waals surface area contributed by atoms with Crippen molar-refractivity contribution in [3.63, 3.8) is 0 Å². The van der Waals surface area contributed by atoms with Crippen LogP contribution < -0.4 is 5.32 Å². The Kier molecular flexibility index (Phi) is 27.4. The lowest BCUT2D eigenvalue weighted by Gasteiger charge is -2.08. The van der Waals surface area contributed by atoms with Crippen LogP contribution in [0.3, 0.4) is 0 Å². The molecule has 0 radical (unpaired) electrons. The number of ether oxygens (including phenoxy) is 8. The van der Waals surface area contributed by atoms with Crippen molar-refractivity contribution >= 4 is 33.5 Å². The van der Waals surface area contributed by atoms with E-state index in [1.165, 1.54) is 12.5 Å². The molecule has 1 aromatic rings. The fourth-order valence-corrected chi connectivity index (χ4v) is 4.52. The van der Waals surface area contributed by atoms with E-state index >= 15 is 0 Å². The summed E-state index contributed by atoms with van der Waals surface area (Å²) < 4.78 is 42.6. The number of pyridine rings is 1. The van der Waals surface area contributed by atoms with Gasteiger partial charge in [0.15, 0.2) is 0 Å². The smallest absolute Gasteiger partial charge is 0.306 e. The molecule has 0 bridgehead atoms. The molecule has 0 fully saturated rings. The zero-order valence-corrected chi connectivity index (χ0v) is 25.6. The van der Waals surface area contributed by atoms with E-state index in [1.54, 1.807) is 27.8 Å². The summed E-state index contributed by atoms with van der Waals surface area (Å²) in [7, 11) is 3.18. The maximum atomic E-state index is 11.8. The topological polar surface area (TPSA) is 153 Å². The van der Waals surface area contributed by atoms with Crippen LogP contribution in [0, 0.1) is 0 Å². The lowest BCUT2D eigenvalue weighted by atomic mass is 10.4. The molecule has 1 heterocycles. The van der Waals surface area contributed by atoms with Gasteiger partial charge in [0.25, 0.3) is 0 Å². The van der Waals surface area contributed by atoms with Gasteiger partial charge in [-0.2, -0.15) is 0 Å². The average Bonchev–Trinajstić information content (AvgIpc) is 2.99. The molecule has 0 aromatic carbocycles. The Labute approximate surface area is 255 Å². The van der Waals surface area contributed by atoms with E-state index in [4.69, 9.17) is 43.0 Å². The van der Waals surface area contributed by atoms with E-state index in [0.29, 0.717) is 98.9 Å². The summed E-state index contributed by atoms with van der Waals surface area (Å²) in [4.78, 5) is 26.3. The monoisotopic (exact) mass is 636 g/mol. The average molecular weight is 637 g/mol. The van der Waals surface area contributed by atoms with E-state index < -0.39 is 5.97 Å². The van der Waals surface area contributed by atoms with Gasteiger partial charge < -0.3 is 48.3 Å². The summed E-state index contributed by atoms with van der Waals surface area (Å²) in [6.45, 7) is 6.43. The Morgan fingerprint density at radius 2 is 1.24 bits per heavy atom. The molecular formula is C27H44N2O11S2. The maximum Gasteiger partial charge on any atom is 0.306 e. The largest absolute Gasteiger partial charge is 0.497 e.